The molecule has 0 spiro atoms. The average Bonchev–Trinajstić information content (AvgIpc) is 3.46. The van der Waals surface area contributed by atoms with E-state index in [0.717, 1.165) is 27.7 Å². The highest BCUT2D eigenvalue weighted by molar-refractivity contribution is 7.99. The number of amides is 1. The number of thioether (sulfide) groups is 1. The Hall–Kier alpha value is -3.24. The van der Waals surface area contributed by atoms with Crippen molar-refractivity contribution in [2.75, 3.05) is 18.2 Å². The van der Waals surface area contributed by atoms with Gasteiger partial charge in [0.25, 0.3) is 0 Å². The first-order chi connectivity index (χ1) is 16.1. The number of benzene rings is 1. The van der Waals surface area contributed by atoms with Crippen molar-refractivity contribution in [1.82, 2.24) is 25.0 Å². The molecule has 0 fully saturated rings. The van der Waals surface area contributed by atoms with Gasteiger partial charge in [0, 0.05) is 18.5 Å². The average molecular weight is 483 g/mol. The second-order valence-corrected chi connectivity index (χ2v) is 8.69. The number of nitrogens with one attached hydrogen (secondary N) is 1. The molecule has 2 aromatic heterocycles. The van der Waals surface area contributed by atoms with Gasteiger partial charge in [0.15, 0.2) is 5.16 Å². The van der Waals surface area contributed by atoms with Crippen LogP contribution in [0.25, 0.3) is 10.6 Å². The lowest BCUT2D eigenvalue weighted by molar-refractivity contribution is -0.113. The zero-order chi connectivity index (χ0) is 23.6. The van der Waals surface area contributed by atoms with Gasteiger partial charge in [-0.1, -0.05) is 54.0 Å². The van der Waals surface area contributed by atoms with Gasteiger partial charge >= 0.3 is 0 Å². The Morgan fingerprint density at radius 2 is 2.03 bits per heavy atom. The topological polar surface area (TPSA) is 94.8 Å². The van der Waals surface area contributed by atoms with Crippen molar-refractivity contribution in [3.63, 3.8) is 0 Å². The standard InChI is InChI=1S/C23H26N6O2S2/c1-5-8-9-16(6-2)14-19-25-28-23(29(19)7-3)32-15-20(30)24-22-27-26-21(33-22)17-10-12-18(31-4)13-11-17/h5-6,8-13H,2,7,14-15H2,1,3-4H3,(H,24,27,30)/b8-5-,16-9+. The number of hydrogen-bond acceptors (Lipinski definition) is 8. The van der Waals surface area contributed by atoms with Gasteiger partial charge in [0.05, 0.1) is 12.9 Å². The molecule has 33 heavy (non-hydrogen) atoms. The van der Waals surface area contributed by atoms with E-state index in [1.54, 1.807) is 7.11 Å². The molecule has 0 aliphatic heterocycles. The minimum Gasteiger partial charge on any atom is -0.497 e. The van der Waals surface area contributed by atoms with Crippen LogP contribution in [-0.4, -0.2) is 43.7 Å². The number of methoxy groups -OCH3 is 1. The molecule has 0 atom stereocenters. The summed E-state index contributed by atoms with van der Waals surface area (Å²) in [4.78, 5) is 12.5. The maximum atomic E-state index is 12.5. The molecule has 0 radical (unpaired) electrons. The zero-order valence-electron chi connectivity index (χ0n) is 18.8. The van der Waals surface area contributed by atoms with Crippen LogP contribution in [0.5, 0.6) is 5.75 Å². The third kappa shape index (κ3) is 6.62. The summed E-state index contributed by atoms with van der Waals surface area (Å²) in [5.41, 5.74) is 1.96. The molecule has 1 N–H and O–H groups in total. The lowest BCUT2D eigenvalue weighted by Crippen LogP contribution is -2.14. The molecular formula is C23H26N6O2S2. The summed E-state index contributed by atoms with van der Waals surface area (Å²) in [6, 6.07) is 7.53. The molecule has 3 rings (SSSR count). The number of aromatic nitrogens is 5. The van der Waals surface area contributed by atoms with E-state index in [1.165, 1.54) is 23.1 Å². The van der Waals surface area contributed by atoms with Crippen LogP contribution in [-0.2, 0) is 17.8 Å². The van der Waals surface area contributed by atoms with Crippen molar-refractivity contribution < 1.29 is 9.53 Å². The predicted molar refractivity (Wildman–Crippen MR) is 134 cm³/mol. The van der Waals surface area contributed by atoms with Gasteiger partial charge in [-0.3, -0.25) is 10.1 Å². The van der Waals surface area contributed by atoms with E-state index in [-0.39, 0.29) is 11.7 Å². The fraction of sp³-hybridized carbons (Fsp3) is 0.261. The van der Waals surface area contributed by atoms with Crippen LogP contribution in [0.4, 0.5) is 5.13 Å². The zero-order valence-corrected chi connectivity index (χ0v) is 20.4. The van der Waals surface area contributed by atoms with E-state index < -0.39 is 0 Å². The second kappa shape index (κ2) is 12.1. The Morgan fingerprint density at radius 3 is 2.70 bits per heavy atom. The number of allylic oxidation sites excluding steroid dienone is 5. The summed E-state index contributed by atoms with van der Waals surface area (Å²) >= 11 is 2.66. The first kappa shape index (κ1) is 24.4. The summed E-state index contributed by atoms with van der Waals surface area (Å²) in [6.07, 6.45) is 8.38. The van der Waals surface area contributed by atoms with Gasteiger partial charge in [-0.05, 0) is 43.7 Å². The Balaban J connectivity index is 1.59. The molecule has 10 heteroatoms. The molecule has 0 aliphatic rings. The van der Waals surface area contributed by atoms with Crippen molar-refractivity contribution in [3.8, 4) is 16.3 Å². The van der Waals surface area contributed by atoms with Crippen molar-refractivity contribution in [2.24, 2.45) is 0 Å². The first-order valence-corrected chi connectivity index (χ1v) is 12.1. The van der Waals surface area contributed by atoms with E-state index in [0.29, 0.717) is 23.3 Å². The molecular weight excluding hydrogens is 456 g/mol. The minimum atomic E-state index is -0.176. The van der Waals surface area contributed by atoms with Gasteiger partial charge in [-0.25, -0.2) is 0 Å². The maximum absolute atomic E-state index is 12.5. The molecule has 172 valence electrons. The van der Waals surface area contributed by atoms with E-state index in [4.69, 9.17) is 4.74 Å². The second-order valence-electron chi connectivity index (χ2n) is 6.77. The predicted octanol–water partition coefficient (Wildman–Crippen LogP) is 4.79. The molecule has 0 saturated carbocycles. The van der Waals surface area contributed by atoms with Gasteiger partial charge in [-0.15, -0.1) is 20.4 Å². The summed E-state index contributed by atoms with van der Waals surface area (Å²) in [5.74, 6) is 1.62. The number of nitrogens with zero attached hydrogens (tertiary/aromatic N) is 5. The molecule has 0 saturated heterocycles. The minimum absolute atomic E-state index is 0.176. The third-order valence-electron chi connectivity index (χ3n) is 4.58. The number of carbonyl (C=O) groups is 1. The van der Waals surface area contributed by atoms with Crippen molar-refractivity contribution >= 4 is 34.1 Å². The molecule has 8 nitrogen and oxygen atoms in total. The van der Waals surface area contributed by atoms with Crippen LogP contribution >= 0.6 is 23.1 Å². The summed E-state index contributed by atoms with van der Waals surface area (Å²) < 4.78 is 7.18. The SMILES string of the molecule is C=C/C(=C\C=C/C)Cc1nnc(SCC(=O)Nc2nnc(-c3ccc(OC)cc3)s2)n1CC. The van der Waals surface area contributed by atoms with E-state index in [1.807, 2.05) is 67.0 Å². The number of rotatable bonds is 11. The number of anilines is 1. The highest BCUT2D eigenvalue weighted by Crippen LogP contribution is 2.28. The summed E-state index contributed by atoms with van der Waals surface area (Å²) in [5, 5.41) is 21.5. The fourth-order valence-corrected chi connectivity index (χ4v) is 4.47. The molecule has 1 amide bonds. The highest BCUT2D eigenvalue weighted by Gasteiger charge is 2.15. The van der Waals surface area contributed by atoms with Gasteiger partial charge in [0.1, 0.15) is 16.6 Å². The molecule has 2 heterocycles. The largest absolute Gasteiger partial charge is 0.497 e. The number of ether oxygens (including phenoxy) is 1. The molecule has 3 aromatic rings. The summed E-state index contributed by atoms with van der Waals surface area (Å²) in [6.45, 7) is 8.57. The van der Waals surface area contributed by atoms with Crippen LogP contribution in [0.1, 0.15) is 19.7 Å². The van der Waals surface area contributed by atoms with E-state index in [9.17, 15) is 4.79 Å². The maximum Gasteiger partial charge on any atom is 0.236 e. The highest BCUT2D eigenvalue weighted by atomic mass is 32.2. The normalized spacial score (nSPS) is 11.7. The van der Waals surface area contributed by atoms with Gasteiger partial charge in [-0.2, -0.15) is 0 Å². The number of carbonyl (C=O) groups excluding carboxylic acids is 1. The van der Waals surface area contributed by atoms with Gasteiger partial charge in [0.2, 0.25) is 11.0 Å². The van der Waals surface area contributed by atoms with Gasteiger partial charge < -0.3 is 9.30 Å². The van der Waals surface area contributed by atoms with Crippen molar-refractivity contribution in [2.45, 2.75) is 32.0 Å². The van der Waals surface area contributed by atoms with Crippen molar-refractivity contribution in [1.29, 1.82) is 0 Å². The summed E-state index contributed by atoms with van der Waals surface area (Å²) in [7, 11) is 1.62. The van der Waals surface area contributed by atoms with Crippen LogP contribution in [0.2, 0.25) is 0 Å². The monoisotopic (exact) mass is 482 g/mol. The van der Waals surface area contributed by atoms with Crippen LogP contribution in [0.15, 0.2) is 65.9 Å². The number of hydrogen-bond donors (Lipinski definition) is 1. The molecule has 1 aromatic carbocycles. The quantitative estimate of drug-likeness (QED) is 0.310. The van der Waals surface area contributed by atoms with Crippen LogP contribution in [0.3, 0.4) is 0 Å². The van der Waals surface area contributed by atoms with Crippen LogP contribution in [0, 0.1) is 0 Å². The molecule has 0 bridgehead atoms. The van der Waals surface area contributed by atoms with E-state index >= 15 is 0 Å². The lowest BCUT2D eigenvalue weighted by atomic mass is 10.1. The Bertz CT molecular complexity index is 1150. The smallest absolute Gasteiger partial charge is 0.236 e. The van der Waals surface area contributed by atoms with Crippen LogP contribution < -0.4 is 10.1 Å². The van der Waals surface area contributed by atoms with Crippen molar-refractivity contribution in [3.05, 3.63) is 66.5 Å². The Kier molecular flexibility index (Phi) is 8.96. The van der Waals surface area contributed by atoms with E-state index in [2.05, 4.69) is 32.3 Å². The molecule has 0 aliphatic carbocycles. The molecule has 0 unspecified atom stereocenters. The lowest BCUT2D eigenvalue weighted by Gasteiger charge is -2.07. The Labute approximate surface area is 201 Å². The fourth-order valence-electron chi connectivity index (χ4n) is 2.89. The Morgan fingerprint density at radius 1 is 1.24 bits per heavy atom. The first-order valence-electron chi connectivity index (χ1n) is 10.3. The third-order valence-corrected chi connectivity index (χ3v) is 6.43.